The van der Waals surface area contributed by atoms with Gasteiger partial charge in [0.25, 0.3) is 0 Å². The van der Waals surface area contributed by atoms with E-state index in [-0.39, 0.29) is 47.1 Å². The van der Waals surface area contributed by atoms with Crippen molar-refractivity contribution in [1.29, 1.82) is 5.26 Å². The number of rotatable bonds is 5. The maximum absolute atomic E-state index is 14.3. The van der Waals surface area contributed by atoms with E-state index < -0.39 is 11.9 Å². The SMILES string of the molecule is COC(=O)CC1[C@H]2CN(c3nc(N4CCC4C)nc(C(F)(F)F)c3-c3ccc(C#N)cc3)C[C@@H]12. The van der Waals surface area contributed by atoms with Crippen molar-refractivity contribution >= 4 is 17.7 Å². The largest absolute Gasteiger partial charge is 0.469 e. The molecule has 2 aromatic rings. The van der Waals surface area contributed by atoms with Crippen molar-refractivity contribution in [2.45, 2.75) is 32.0 Å². The van der Waals surface area contributed by atoms with E-state index in [9.17, 15) is 18.0 Å². The number of methoxy groups -OCH3 is 1. The zero-order valence-corrected chi connectivity index (χ0v) is 18.8. The van der Waals surface area contributed by atoms with Gasteiger partial charge in [0.15, 0.2) is 5.69 Å². The summed E-state index contributed by atoms with van der Waals surface area (Å²) in [6.07, 6.45) is -3.48. The lowest BCUT2D eigenvalue weighted by molar-refractivity contribution is -0.141. The van der Waals surface area contributed by atoms with Gasteiger partial charge in [0, 0.05) is 32.1 Å². The Kier molecular flexibility index (Phi) is 5.38. The number of halogens is 3. The summed E-state index contributed by atoms with van der Waals surface area (Å²) in [6, 6.07) is 8.09. The molecule has 2 aliphatic heterocycles. The highest BCUT2D eigenvalue weighted by Gasteiger charge is 2.57. The molecule has 1 aromatic carbocycles. The summed E-state index contributed by atoms with van der Waals surface area (Å²) >= 11 is 0. The van der Waals surface area contributed by atoms with Crippen LogP contribution in [0.5, 0.6) is 0 Å². The first kappa shape index (κ1) is 22.4. The minimum atomic E-state index is -4.68. The molecule has 4 atom stereocenters. The Morgan fingerprint density at radius 1 is 1.21 bits per heavy atom. The lowest BCUT2D eigenvalue weighted by Gasteiger charge is -2.39. The molecule has 1 aromatic heterocycles. The lowest BCUT2D eigenvalue weighted by atomic mass is 10.0. The van der Waals surface area contributed by atoms with Crippen LogP contribution >= 0.6 is 0 Å². The highest BCUT2D eigenvalue weighted by molar-refractivity contribution is 5.80. The fraction of sp³-hybridized carbons (Fsp3) is 0.500. The minimum absolute atomic E-state index is 0.0697. The Morgan fingerprint density at radius 3 is 2.38 bits per heavy atom. The van der Waals surface area contributed by atoms with Crippen molar-refractivity contribution < 1.29 is 22.7 Å². The molecule has 3 heterocycles. The number of carbonyl (C=O) groups excluding carboxylic acids is 1. The molecule has 2 saturated heterocycles. The topological polar surface area (TPSA) is 82.3 Å². The average Bonchev–Trinajstić information content (AvgIpc) is 3.23. The van der Waals surface area contributed by atoms with Crippen LogP contribution in [0.3, 0.4) is 0 Å². The molecule has 2 unspecified atom stereocenters. The molecule has 3 aliphatic rings. The highest BCUT2D eigenvalue weighted by atomic mass is 19.4. The zero-order chi connectivity index (χ0) is 24.2. The van der Waals surface area contributed by atoms with E-state index in [1.54, 1.807) is 4.90 Å². The second-order valence-electron chi connectivity index (χ2n) is 9.27. The summed E-state index contributed by atoms with van der Waals surface area (Å²) in [6.45, 7) is 3.61. The van der Waals surface area contributed by atoms with Crippen LogP contribution in [-0.4, -0.2) is 48.7 Å². The first-order valence-corrected chi connectivity index (χ1v) is 11.3. The molecule has 0 spiro atoms. The molecule has 34 heavy (non-hydrogen) atoms. The van der Waals surface area contributed by atoms with Gasteiger partial charge in [-0.1, -0.05) is 12.1 Å². The van der Waals surface area contributed by atoms with Gasteiger partial charge in [0.2, 0.25) is 5.95 Å². The van der Waals surface area contributed by atoms with Gasteiger partial charge in [-0.3, -0.25) is 4.79 Å². The molecule has 1 saturated carbocycles. The molecular weight excluding hydrogens is 447 g/mol. The number of benzene rings is 1. The number of nitrogens with zero attached hydrogens (tertiary/aromatic N) is 5. The molecule has 7 nitrogen and oxygen atoms in total. The summed E-state index contributed by atoms with van der Waals surface area (Å²) in [5.41, 5.74) is -0.363. The number of piperidine rings is 1. The molecule has 0 N–H and O–H groups in total. The maximum Gasteiger partial charge on any atom is 0.434 e. The van der Waals surface area contributed by atoms with Gasteiger partial charge >= 0.3 is 12.1 Å². The van der Waals surface area contributed by atoms with Crippen molar-refractivity contribution in [2.75, 3.05) is 36.5 Å². The molecule has 10 heteroatoms. The quantitative estimate of drug-likeness (QED) is 0.612. The van der Waals surface area contributed by atoms with Crippen LogP contribution in [0.25, 0.3) is 11.1 Å². The average molecular weight is 471 g/mol. The molecule has 0 radical (unpaired) electrons. The van der Waals surface area contributed by atoms with E-state index >= 15 is 0 Å². The molecule has 0 bridgehead atoms. The van der Waals surface area contributed by atoms with Crippen LogP contribution in [0, 0.1) is 29.1 Å². The molecule has 5 rings (SSSR count). The third-order valence-corrected chi connectivity index (χ3v) is 7.33. The smallest absolute Gasteiger partial charge is 0.434 e. The number of esters is 1. The number of fused-ring (bicyclic) bond motifs is 1. The Balaban J connectivity index is 1.57. The normalized spacial score (nSPS) is 25.4. The van der Waals surface area contributed by atoms with Crippen molar-refractivity contribution in [3.63, 3.8) is 0 Å². The second-order valence-corrected chi connectivity index (χ2v) is 9.27. The van der Waals surface area contributed by atoms with Crippen LogP contribution in [0.4, 0.5) is 24.9 Å². The number of anilines is 2. The van der Waals surface area contributed by atoms with Gasteiger partial charge < -0.3 is 14.5 Å². The monoisotopic (exact) mass is 471 g/mol. The number of hydrogen-bond donors (Lipinski definition) is 0. The molecule has 1 aliphatic carbocycles. The summed E-state index contributed by atoms with van der Waals surface area (Å²) in [5.74, 6) is 0.725. The number of aromatic nitrogens is 2. The Hall–Kier alpha value is -3.35. The summed E-state index contributed by atoms with van der Waals surface area (Å²) in [4.78, 5) is 24.0. The second kappa shape index (κ2) is 8.15. The van der Waals surface area contributed by atoms with Crippen molar-refractivity contribution in [3.05, 3.63) is 35.5 Å². The lowest BCUT2D eigenvalue weighted by Crippen LogP contribution is -2.47. The van der Waals surface area contributed by atoms with Gasteiger partial charge in [-0.25, -0.2) is 4.98 Å². The van der Waals surface area contributed by atoms with E-state index in [2.05, 4.69) is 9.97 Å². The third-order valence-electron chi connectivity index (χ3n) is 7.33. The Labute approximate surface area is 195 Å². The predicted octanol–water partition coefficient (Wildman–Crippen LogP) is 3.88. The summed E-state index contributed by atoms with van der Waals surface area (Å²) in [7, 11) is 1.36. The van der Waals surface area contributed by atoms with Crippen LogP contribution < -0.4 is 9.80 Å². The van der Waals surface area contributed by atoms with Gasteiger partial charge in [-0.2, -0.15) is 23.4 Å². The third kappa shape index (κ3) is 3.83. The molecule has 178 valence electrons. The van der Waals surface area contributed by atoms with Gasteiger partial charge in [-0.05, 0) is 48.8 Å². The number of alkyl halides is 3. The van der Waals surface area contributed by atoms with Gasteiger partial charge in [0.1, 0.15) is 5.82 Å². The van der Waals surface area contributed by atoms with Crippen LogP contribution in [0.2, 0.25) is 0 Å². The summed E-state index contributed by atoms with van der Waals surface area (Å²) < 4.78 is 47.7. The van der Waals surface area contributed by atoms with E-state index in [0.29, 0.717) is 37.2 Å². The van der Waals surface area contributed by atoms with E-state index in [4.69, 9.17) is 10.00 Å². The van der Waals surface area contributed by atoms with Crippen LogP contribution in [0.1, 0.15) is 31.0 Å². The molecule has 0 amide bonds. The first-order chi connectivity index (χ1) is 16.2. The Morgan fingerprint density at radius 2 is 1.88 bits per heavy atom. The van der Waals surface area contributed by atoms with Gasteiger partial charge in [-0.15, -0.1) is 0 Å². The zero-order valence-electron chi connectivity index (χ0n) is 18.8. The van der Waals surface area contributed by atoms with E-state index in [1.807, 2.05) is 17.9 Å². The Bertz CT molecular complexity index is 1150. The summed E-state index contributed by atoms with van der Waals surface area (Å²) in [5, 5.41) is 9.10. The molecule has 3 fully saturated rings. The van der Waals surface area contributed by atoms with E-state index in [1.165, 1.54) is 31.4 Å². The van der Waals surface area contributed by atoms with Crippen LogP contribution in [0.15, 0.2) is 24.3 Å². The predicted molar refractivity (Wildman–Crippen MR) is 118 cm³/mol. The maximum atomic E-state index is 14.3. The first-order valence-electron chi connectivity index (χ1n) is 11.3. The van der Waals surface area contributed by atoms with Crippen molar-refractivity contribution in [1.82, 2.24) is 9.97 Å². The van der Waals surface area contributed by atoms with Crippen molar-refractivity contribution in [3.8, 4) is 17.2 Å². The van der Waals surface area contributed by atoms with E-state index in [0.717, 1.165) is 6.42 Å². The standard InChI is InChI=1S/C24H24F3N5O2/c1-13-7-8-32(13)23-29-21(24(25,26)27)20(15-5-3-14(10-28)4-6-15)22(30-23)31-11-17-16(18(17)12-31)9-19(33)34-2/h3-6,13,16-18H,7-9,11-12H2,1-2H3/t13?,16?,17-,18+. The number of ether oxygens (including phenoxy) is 1. The molecular formula is C24H24F3N5O2. The number of nitriles is 1. The number of hydrogen-bond acceptors (Lipinski definition) is 7. The fourth-order valence-corrected chi connectivity index (χ4v) is 5.19. The van der Waals surface area contributed by atoms with Crippen molar-refractivity contribution in [2.24, 2.45) is 17.8 Å². The minimum Gasteiger partial charge on any atom is -0.469 e. The van der Waals surface area contributed by atoms with Gasteiger partial charge in [0.05, 0.1) is 24.3 Å². The highest BCUT2D eigenvalue weighted by Crippen LogP contribution is 2.55. The van der Waals surface area contributed by atoms with Crippen LogP contribution in [-0.2, 0) is 15.7 Å². The fourth-order valence-electron chi connectivity index (χ4n) is 5.19. The number of carbonyl (C=O) groups is 1.